The molecule has 2 amide bonds. The standard InChI is InChI=1S/C22H25ClN4O5S/c1-32-19-6-3-2-5-18(19)26-11-9-25(10-12-26)7-4-8-27-21(28)15-13-17(23)20(33(24,30)31)14-16(15)22(27)29/h2-3,5-6,13-14H,4,7-12H2,1H3,(H2,24,30,31). The molecule has 0 aliphatic carbocycles. The molecule has 0 bridgehead atoms. The van der Waals surface area contributed by atoms with Gasteiger partial charge in [0.2, 0.25) is 10.0 Å². The maximum atomic E-state index is 12.7. The Hall–Kier alpha value is -2.66. The highest BCUT2D eigenvalue weighted by atomic mass is 35.5. The van der Waals surface area contributed by atoms with Crippen molar-refractivity contribution >= 4 is 39.1 Å². The van der Waals surface area contributed by atoms with Crippen molar-refractivity contribution in [3.8, 4) is 5.75 Å². The highest BCUT2D eigenvalue weighted by molar-refractivity contribution is 7.89. The summed E-state index contributed by atoms with van der Waals surface area (Å²) in [4.78, 5) is 30.8. The minimum Gasteiger partial charge on any atom is -0.495 e. The van der Waals surface area contributed by atoms with Crippen LogP contribution in [0.5, 0.6) is 5.75 Å². The lowest BCUT2D eigenvalue weighted by atomic mass is 10.1. The zero-order valence-corrected chi connectivity index (χ0v) is 19.7. The van der Waals surface area contributed by atoms with E-state index < -0.39 is 21.8 Å². The molecule has 2 aromatic rings. The van der Waals surface area contributed by atoms with Crippen LogP contribution in [-0.2, 0) is 10.0 Å². The normalized spacial score (nSPS) is 16.9. The number of carbonyl (C=O) groups excluding carboxylic acids is 2. The number of nitrogens with two attached hydrogens (primary N) is 1. The van der Waals surface area contributed by atoms with E-state index in [4.69, 9.17) is 21.5 Å². The van der Waals surface area contributed by atoms with Gasteiger partial charge in [-0.1, -0.05) is 23.7 Å². The van der Waals surface area contributed by atoms with Gasteiger partial charge in [-0.25, -0.2) is 13.6 Å². The van der Waals surface area contributed by atoms with Crippen molar-refractivity contribution in [3.63, 3.8) is 0 Å². The van der Waals surface area contributed by atoms with Crippen molar-refractivity contribution in [1.29, 1.82) is 0 Å². The highest BCUT2D eigenvalue weighted by Gasteiger charge is 2.37. The lowest BCUT2D eigenvalue weighted by molar-refractivity contribution is 0.0647. The smallest absolute Gasteiger partial charge is 0.261 e. The summed E-state index contributed by atoms with van der Waals surface area (Å²) in [6, 6.07) is 10.2. The van der Waals surface area contributed by atoms with Crippen LogP contribution in [0, 0.1) is 0 Å². The van der Waals surface area contributed by atoms with E-state index >= 15 is 0 Å². The lowest BCUT2D eigenvalue weighted by Crippen LogP contribution is -2.47. The summed E-state index contributed by atoms with van der Waals surface area (Å²) in [5.74, 6) is -0.154. The molecule has 176 valence electrons. The molecule has 0 spiro atoms. The number of fused-ring (bicyclic) bond motifs is 1. The Kier molecular flexibility index (Phi) is 6.62. The summed E-state index contributed by atoms with van der Waals surface area (Å²) < 4.78 is 28.8. The summed E-state index contributed by atoms with van der Waals surface area (Å²) >= 11 is 5.97. The molecular weight excluding hydrogens is 468 g/mol. The minimum atomic E-state index is -4.11. The topological polar surface area (TPSA) is 113 Å². The van der Waals surface area contributed by atoms with E-state index in [1.54, 1.807) is 7.11 Å². The van der Waals surface area contributed by atoms with E-state index in [2.05, 4.69) is 9.80 Å². The Morgan fingerprint density at radius 1 is 1.00 bits per heavy atom. The third-order valence-electron chi connectivity index (χ3n) is 5.98. The number of rotatable bonds is 7. The van der Waals surface area contributed by atoms with Crippen LogP contribution in [0.1, 0.15) is 27.1 Å². The summed E-state index contributed by atoms with van der Waals surface area (Å²) in [5, 5.41) is 4.98. The van der Waals surface area contributed by atoms with Gasteiger partial charge in [-0.3, -0.25) is 19.4 Å². The van der Waals surface area contributed by atoms with Crippen molar-refractivity contribution < 1.29 is 22.7 Å². The number of carbonyl (C=O) groups is 2. The zero-order valence-electron chi connectivity index (χ0n) is 18.2. The van der Waals surface area contributed by atoms with Gasteiger partial charge in [-0.2, -0.15) is 0 Å². The number of para-hydroxylation sites is 2. The molecule has 33 heavy (non-hydrogen) atoms. The second-order valence-electron chi connectivity index (χ2n) is 7.99. The predicted molar refractivity (Wildman–Crippen MR) is 124 cm³/mol. The summed E-state index contributed by atoms with van der Waals surface area (Å²) in [5.41, 5.74) is 1.19. The second-order valence-corrected chi connectivity index (χ2v) is 9.93. The number of anilines is 1. The van der Waals surface area contributed by atoms with Crippen LogP contribution in [0.3, 0.4) is 0 Å². The molecule has 1 fully saturated rings. The quantitative estimate of drug-likeness (QED) is 0.586. The van der Waals surface area contributed by atoms with E-state index in [-0.39, 0.29) is 27.6 Å². The van der Waals surface area contributed by atoms with Gasteiger partial charge in [0.05, 0.1) is 28.9 Å². The number of hydrogen-bond donors (Lipinski definition) is 1. The molecule has 2 N–H and O–H groups in total. The first-order chi connectivity index (χ1) is 15.7. The van der Waals surface area contributed by atoms with Crippen LogP contribution in [-0.4, -0.2) is 76.4 Å². The van der Waals surface area contributed by atoms with Crippen molar-refractivity contribution in [2.75, 3.05) is 51.3 Å². The fourth-order valence-corrected chi connectivity index (χ4v) is 5.37. The maximum absolute atomic E-state index is 12.7. The number of halogens is 1. The molecule has 2 aliphatic heterocycles. The van der Waals surface area contributed by atoms with Crippen LogP contribution in [0.2, 0.25) is 5.02 Å². The van der Waals surface area contributed by atoms with Gasteiger partial charge in [-0.05, 0) is 37.2 Å². The van der Waals surface area contributed by atoms with Gasteiger partial charge in [0.1, 0.15) is 10.6 Å². The van der Waals surface area contributed by atoms with Crippen molar-refractivity contribution in [3.05, 3.63) is 52.5 Å². The minimum absolute atomic E-state index is 0.0128. The van der Waals surface area contributed by atoms with Crippen LogP contribution in [0.4, 0.5) is 5.69 Å². The molecule has 4 rings (SSSR count). The van der Waals surface area contributed by atoms with E-state index in [9.17, 15) is 18.0 Å². The van der Waals surface area contributed by atoms with Gasteiger partial charge < -0.3 is 9.64 Å². The number of amides is 2. The molecule has 9 nitrogen and oxygen atoms in total. The first-order valence-electron chi connectivity index (χ1n) is 10.5. The first-order valence-corrected chi connectivity index (χ1v) is 12.5. The number of imide groups is 1. The number of primary sulfonamides is 1. The molecule has 0 atom stereocenters. The Morgan fingerprint density at radius 2 is 1.64 bits per heavy atom. The molecule has 1 saturated heterocycles. The molecule has 0 saturated carbocycles. The fraction of sp³-hybridized carbons (Fsp3) is 0.364. The van der Waals surface area contributed by atoms with Gasteiger partial charge in [0.25, 0.3) is 11.8 Å². The molecule has 0 aromatic heterocycles. The predicted octanol–water partition coefficient (Wildman–Crippen LogP) is 1.80. The average molecular weight is 493 g/mol. The molecule has 0 unspecified atom stereocenters. The number of benzene rings is 2. The molecule has 2 aliphatic rings. The van der Waals surface area contributed by atoms with Crippen LogP contribution in [0.25, 0.3) is 0 Å². The SMILES string of the molecule is COc1ccccc1N1CCN(CCCN2C(=O)c3cc(Cl)c(S(N)(=O)=O)cc3C2=O)CC1. The maximum Gasteiger partial charge on any atom is 0.261 e. The average Bonchev–Trinajstić information content (AvgIpc) is 3.02. The molecule has 2 aromatic carbocycles. The number of nitrogens with zero attached hydrogens (tertiary/aromatic N) is 3. The number of methoxy groups -OCH3 is 1. The summed E-state index contributed by atoms with van der Waals surface area (Å²) in [6.07, 6.45) is 0.607. The van der Waals surface area contributed by atoms with E-state index in [0.717, 1.165) is 55.1 Å². The molecule has 0 radical (unpaired) electrons. The molecule has 2 heterocycles. The van der Waals surface area contributed by atoms with Gasteiger partial charge in [0.15, 0.2) is 0 Å². The zero-order chi connectivity index (χ0) is 23.8. The fourth-order valence-electron chi connectivity index (χ4n) is 4.27. The molecule has 11 heteroatoms. The first kappa shape index (κ1) is 23.5. The lowest BCUT2D eigenvalue weighted by Gasteiger charge is -2.36. The number of ether oxygens (including phenoxy) is 1. The van der Waals surface area contributed by atoms with E-state index in [0.29, 0.717) is 6.42 Å². The van der Waals surface area contributed by atoms with Crippen molar-refractivity contribution in [1.82, 2.24) is 9.80 Å². The van der Waals surface area contributed by atoms with Crippen LogP contribution in [0.15, 0.2) is 41.3 Å². The Bertz CT molecular complexity index is 1200. The van der Waals surface area contributed by atoms with Gasteiger partial charge in [-0.15, -0.1) is 0 Å². The highest BCUT2D eigenvalue weighted by Crippen LogP contribution is 2.31. The largest absolute Gasteiger partial charge is 0.495 e. The third-order valence-corrected chi connectivity index (χ3v) is 7.36. The Balaban J connectivity index is 1.33. The Morgan fingerprint density at radius 3 is 2.27 bits per heavy atom. The van der Waals surface area contributed by atoms with Crippen molar-refractivity contribution in [2.45, 2.75) is 11.3 Å². The second kappa shape index (κ2) is 9.30. The van der Waals surface area contributed by atoms with Gasteiger partial charge >= 0.3 is 0 Å². The van der Waals surface area contributed by atoms with Crippen LogP contribution < -0.4 is 14.8 Å². The number of piperazine rings is 1. The number of hydrogen-bond acceptors (Lipinski definition) is 7. The third kappa shape index (κ3) is 4.70. The van der Waals surface area contributed by atoms with Gasteiger partial charge in [0, 0.05) is 32.7 Å². The van der Waals surface area contributed by atoms with Crippen LogP contribution >= 0.6 is 11.6 Å². The summed E-state index contributed by atoms with van der Waals surface area (Å²) in [6.45, 7) is 4.38. The Labute approximate surface area is 197 Å². The number of sulfonamides is 1. The molecular formula is C22H25ClN4O5S. The van der Waals surface area contributed by atoms with Crippen molar-refractivity contribution in [2.24, 2.45) is 5.14 Å². The monoisotopic (exact) mass is 492 g/mol. The van der Waals surface area contributed by atoms with E-state index in [1.165, 1.54) is 6.07 Å². The van der Waals surface area contributed by atoms with E-state index in [1.807, 2.05) is 24.3 Å². The summed E-state index contributed by atoms with van der Waals surface area (Å²) in [7, 11) is -2.44.